The van der Waals surface area contributed by atoms with E-state index in [1.165, 1.54) is 6.07 Å². The minimum absolute atomic E-state index is 0.0144. The smallest absolute Gasteiger partial charge is 0.272 e. The molecule has 18 heavy (non-hydrogen) atoms. The van der Waals surface area contributed by atoms with Crippen LogP contribution in [0.4, 0.5) is 5.69 Å². The predicted octanol–water partition coefficient (Wildman–Crippen LogP) is 3.22. The van der Waals surface area contributed by atoms with Crippen LogP contribution < -0.4 is 0 Å². The Balaban J connectivity index is 2.49. The van der Waals surface area contributed by atoms with E-state index in [1.54, 1.807) is 38.1 Å². The Bertz CT molecular complexity index is 629. The molecule has 0 atom stereocenters. The first-order chi connectivity index (χ1) is 8.50. The summed E-state index contributed by atoms with van der Waals surface area (Å²) in [5.41, 5.74) is 1.16. The van der Waals surface area contributed by atoms with E-state index in [-0.39, 0.29) is 11.4 Å². The van der Waals surface area contributed by atoms with E-state index in [1.807, 2.05) is 0 Å². The van der Waals surface area contributed by atoms with Gasteiger partial charge in [-0.15, -0.1) is 0 Å². The highest BCUT2D eigenvalue weighted by Gasteiger charge is 2.18. The molecule has 5 heteroatoms. The maximum Gasteiger partial charge on any atom is 0.272 e. The van der Waals surface area contributed by atoms with E-state index in [0.29, 0.717) is 22.6 Å². The summed E-state index contributed by atoms with van der Waals surface area (Å²) in [6.07, 6.45) is 0. The molecule has 0 fully saturated rings. The van der Waals surface area contributed by atoms with Crippen LogP contribution in [0.3, 0.4) is 0 Å². The molecule has 0 amide bonds. The lowest BCUT2D eigenvalue weighted by molar-refractivity contribution is -0.385. The van der Waals surface area contributed by atoms with Gasteiger partial charge in [0.2, 0.25) is 0 Å². The number of nitrogens with zero attached hydrogens (tertiary/aromatic N) is 1. The molecule has 1 heterocycles. The van der Waals surface area contributed by atoms with E-state index in [4.69, 9.17) is 9.83 Å². The third-order valence-electron chi connectivity index (χ3n) is 2.76. The van der Waals surface area contributed by atoms with Crippen LogP contribution in [-0.4, -0.2) is 10.6 Å². The molecular formula is C13H12N2O3. The van der Waals surface area contributed by atoms with Crippen LogP contribution in [0.2, 0.25) is 0 Å². The van der Waals surface area contributed by atoms with Gasteiger partial charge in [-0.3, -0.25) is 15.5 Å². The molecule has 2 aromatic rings. The van der Waals surface area contributed by atoms with Crippen LogP contribution in [0.25, 0.3) is 0 Å². The highest BCUT2D eigenvalue weighted by atomic mass is 16.6. The molecular weight excluding hydrogens is 232 g/mol. The normalized spacial score (nSPS) is 10.3. The average Bonchev–Trinajstić information content (AvgIpc) is 2.75. The molecule has 0 aliphatic carbocycles. The number of aryl methyl sites for hydroxylation is 1. The van der Waals surface area contributed by atoms with Gasteiger partial charge in [0, 0.05) is 17.2 Å². The summed E-state index contributed by atoms with van der Waals surface area (Å²) in [4.78, 5) is 10.4. The van der Waals surface area contributed by atoms with Crippen molar-refractivity contribution in [3.8, 4) is 0 Å². The van der Waals surface area contributed by atoms with E-state index < -0.39 is 4.92 Å². The minimum atomic E-state index is -0.445. The lowest BCUT2D eigenvalue weighted by Crippen LogP contribution is -2.04. The van der Waals surface area contributed by atoms with Crippen LogP contribution in [0.5, 0.6) is 0 Å². The largest absolute Gasteiger partial charge is 0.460 e. The maximum atomic E-state index is 10.8. The molecule has 0 saturated carbocycles. The zero-order valence-electron chi connectivity index (χ0n) is 10.1. The third kappa shape index (κ3) is 2.02. The first kappa shape index (κ1) is 12.0. The Hall–Kier alpha value is -2.43. The van der Waals surface area contributed by atoms with Gasteiger partial charge in [0.25, 0.3) is 5.69 Å². The van der Waals surface area contributed by atoms with Gasteiger partial charge >= 0.3 is 0 Å². The Labute approximate surface area is 104 Å². The van der Waals surface area contributed by atoms with E-state index in [2.05, 4.69) is 0 Å². The topological polar surface area (TPSA) is 80.1 Å². The first-order valence-electron chi connectivity index (χ1n) is 5.40. The molecule has 0 aliphatic rings. The fraction of sp³-hybridized carbons (Fsp3) is 0.154. The highest BCUT2D eigenvalue weighted by molar-refractivity contribution is 6.10. The summed E-state index contributed by atoms with van der Waals surface area (Å²) < 4.78 is 5.36. The average molecular weight is 244 g/mol. The number of benzene rings is 1. The molecule has 0 bridgehead atoms. The number of furan rings is 1. The van der Waals surface area contributed by atoms with Crippen molar-refractivity contribution in [2.24, 2.45) is 0 Å². The van der Waals surface area contributed by atoms with Crippen LogP contribution >= 0.6 is 0 Å². The molecule has 1 aromatic carbocycles. The SMILES string of the molecule is Cc1ccc(C(=N)c2cccc([N+](=O)[O-])c2C)o1. The van der Waals surface area contributed by atoms with E-state index in [0.717, 1.165) is 0 Å². The fourth-order valence-corrected chi connectivity index (χ4v) is 1.79. The van der Waals surface area contributed by atoms with Gasteiger partial charge in [-0.05, 0) is 26.0 Å². The molecule has 1 N–H and O–H groups in total. The van der Waals surface area contributed by atoms with Crippen LogP contribution in [0.1, 0.15) is 22.6 Å². The molecule has 0 unspecified atom stereocenters. The van der Waals surface area contributed by atoms with Crippen molar-refractivity contribution < 1.29 is 9.34 Å². The van der Waals surface area contributed by atoms with Gasteiger partial charge in [0.1, 0.15) is 11.5 Å². The number of nitro groups is 1. The summed E-state index contributed by atoms with van der Waals surface area (Å²) >= 11 is 0. The van der Waals surface area contributed by atoms with Crippen molar-refractivity contribution >= 4 is 11.4 Å². The van der Waals surface area contributed by atoms with E-state index >= 15 is 0 Å². The minimum Gasteiger partial charge on any atom is -0.460 e. The quantitative estimate of drug-likeness (QED) is 0.511. The van der Waals surface area contributed by atoms with Gasteiger partial charge in [-0.2, -0.15) is 0 Å². The molecule has 92 valence electrons. The molecule has 0 aliphatic heterocycles. The van der Waals surface area contributed by atoms with Crippen molar-refractivity contribution in [2.75, 3.05) is 0 Å². The Morgan fingerprint density at radius 3 is 2.56 bits per heavy atom. The fourth-order valence-electron chi connectivity index (χ4n) is 1.79. The number of nitro benzene ring substituents is 1. The molecule has 0 spiro atoms. The Morgan fingerprint density at radius 1 is 1.28 bits per heavy atom. The number of nitrogens with one attached hydrogen (secondary N) is 1. The molecule has 0 saturated heterocycles. The van der Waals surface area contributed by atoms with Crippen molar-refractivity contribution in [3.63, 3.8) is 0 Å². The second kappa shape index (κ2) is 4.44. The van der Waals surface area contributed by atoms with Crippen LogP contribution in [0.15, 0.2) is 34.7 Å². The highest BCUT2D eigenvalue weighted by Crippen LogP contribution is 2.23. The monoisotopic (exact) mass is 244 g/mol. The summed E-state index contributed by atoms with van der Waals surface area (Å²) in [5.74, 6) is 1.12. The van der Waals surface area contributed by atoms with E-state index in [9.17, 15) is 10.1 Å². The summed E-state index contributed by atoms with van der Waals surface area (Å²) in [7, 11) is 0. The lowest BCUT2D eigenvalue weighted by Gasteiger charge is -2.05. The second-order valence-electron chi connectivity index (χ2n) is 3.99. The lowest BCUT2D eigenvalue weighted by atomic mass is 10.0. The van der Waals surface area contributed by atoms with Crippen molar-refractivity contribution in [1.82, 2.24) is 0 Å². The Morgan fingerprint density at radius 2 is 2.00 bits per heavy atom. The first-order valence-corrected chi connectivity index (χ1v) is 5.40. The van der Waals surface area contributed by atoms with Gasteiger partial charge in [-0.1, -0.05) is 12.1 Å². The van der Waals surface area contributed by atoms with Gasteiger partial charge in [0.15, 0.2) is 5.76 Å². The van der Waals surface area contributed by atoms with Crippen LogP contribution in [0, 0.1) is 29.4 Å². The van der Waals surface area contributed by atoms with Crippen molar-refractivity contribution in [3.05, 3.63) is 63.1 Å². The standard InChI is InChI=1S/C13H12N2O3/c1-8-6-7-12(18-8)13(14)10-4-3-5-11(9(10)2)15(16)17/h3-7,14H,1-2H3. The van der Waals surface area contributed by atoms with Gasteiger partial charge in [-0.25, -0.2) is 0 Å². The number of hydrogen-bond donors (Lipinski definition) is 1. The Kier molecular flexibility index (Phi) is 2.97. The zero-order valence-corrected chi connectivity index (χ0v) is 10.1. The van der Waals surface area contributed by atoms with Crippen molar-refractivity contribution in [1.29, 1.82) is 5.41 Å². The molecule has 2 rings (SSSR count). The molecule has 1 aromatic heterocycles. The second-order valence-corrected chi connectivity index (χ2v) is 3.99. The maximum absolute atomic E-state index is 10.8. The molecule has 5 nitrogen and oxygen atoms in total. The van der Waals surface area contributed by atoms with Gasteiger partial charge in [0.05, 0.1) is 4.92 Å². The third-order valence-corrected chi connectivity index (χ3v) is 2.76. The summed E-state index contributed by atoms with van der Waals surface area (Å²) in [6.45, 7) is 3.43. The van der Waals surface area contributed by atoms with Gasteiger partial charge < -0.3 is 4.42 Å². The van der Waals surface area contributed by atoms with Crippen LogP contribution in [-0.2, 0) is 0 Å². The zero-order chi connectivity index (χ0) is 13.3. The summed E-state index contributed by atoms with van der Waals surface area (Å²) in [6, 6.07) is 8.14. The summed E-state index contributed by atoms with van der Waals surface area (Å²) in [5, 5.41) is 18.9. The molecule has 0 radical (unpaired) electrons. The predicted molar refractivity (Wildman–Crippen MR) is 67.2 cm³/mol. The number of hydrogen-bond acceptors (Lipinski definition) is 4. The van der Waals surface area contributed by atoms with Crippen molar-refractivity contribution in [2.45, 2.75) is 13.8 Å². The number of rotatable bonds is 3.